The summed E-state index contributed by atoms with van der Waals surface area (Å²) in [4.78, 5) is 0. The predicted molar refractivity (Wildman–Crippen MR) is 22.5 cm³/mol. The second-order valence-corrected chi connectivity index (χ2v) is 1.29. The van der Waals surface area contributed by atoms with E-state index in [1.165, 1.54) is 0 Å². The molecule has 0 aromatic rings. The summed E-state index contributed by atoms with van der Waals surface area (Å²) >= 11 is -2.69. The summed E-state index contributed by atoms with van der Waals surface area (Å²) in [5.41, 5.74) is 0. The molecule has 0 spiro atoms. The highest BCUT2D eigenvalue weighted by atomic mass is 32.2. The highest BCUT2D eigenvalue weighted by Gasteiger charge is 1.77. The Morgan fingerprint density at radius 2 is 2.17 bits per heavy atom. The zero-order valence-corrected chi connectivity index (χ0v) is 4.13. The van der Waals surface area contributed by atoms with Crippen LogP contribution >= 0.6 is 0 Å². The van der Waals surface area contributed by atoms with Crippen molar-refractivity contribution in [1.82, 2.24) is 0 Å². The molecule has 0 aromatic carbocycles. The van der Waals surface area contributed by atoms with Crippen molar-refractivity contribution >= 4 is 11.5 Å². The Morgan fingerprint density at radius 3 is 2.17 bits per heavy atom. The van der Waals surface area contributed by atoms with Crippen LogP contribution in [0.25, 0.3) is 0 Å². The second-order valence-electron chi connectivity index (χ2n) is 0.642. The minimum Gasteiger partial charge on any atom is -0.207 e. The van der Waals surface area contributed by atoms with Gasteiger partial charge in [0.1, 0.15) is 0 Å². The van der Waals surface area contributed by atoms with Crippen LogP contribution in [0.5, 0.6) is 0 Å². The molecule has 4 heteroatoms. The van der Waals surface area contributed by atoms with Crippen LogP contribution in [0.15, 0.2) is 4.36 Å². The molecule has 0 bridgehead atoms. The molecule has 0 atom stereocenters. The lowest BCUT2D eigenvalue weighted by Crippen LogP contribution is -1.66. The van der Waals surface area contributed by atoms with Gasteiger partial charge in [0.15, 0.2) is 0 Å². The van der Waals surface area contributed by atoms with Gasteiger partial charge in [0.2, 0.25) is 0 Å². The minimum atomic E-state index is -2.69. The Balaban J connectivity index is 3.14. The zero-order chi connectivity index (χ0) is 4.99. The third-order valence-electron chi connectivity index (χ3n) is 0.227. The van der Waals surface area contributed by atoms with Gasteiger partial charge in [-0.15, -0.1) is 7.77 Å². The monoisotopic (exact) mass is 113 g/mol. The van der Waals surface area contributed by atoms with Gasteiger partial charge in [0.25, 0.3) is 11.5 Å². The zero-order valence-electron chi connectivity index (χ0n) is 3.32. The molecule has 6 heavy (non-hydrogen) atoms. The van der Waals surface area contributed by atoms with Crippen LogP contribution in [0.1, 0.15) is 6.92 Å². The molecule has 0 aliphatic carbocycles. The number of nitrogens with zero attached hydrogens (tertiary/aromatic N) is 1. The summed E-state index contributed by atoms with van der Waals surface area (Å²) < 4.78 is 24.6. The van der Waals surface area contributed by atoms with Crippen molar-refractivity contribution in [3.8, 4) is 0 Å². The topological polar surface area (TPSA) is 12.4 Å². The molecule has 0 radical (unpaired) electrons. The predicted octanol–water partition coefficient (Wildman–Crippen LogP) is 1.58. The van der Waals surface area contributed by atoms with Crippen LogP contribution < -0.4 is 0 Å². The molecule has 0 rings (SSSR count). The molecule has 0 aromatic heterocycles. The van der Waals surface area contributed by atoms with E-state index in [1.807, 2.05) is 0 Å². The number of hydrogen-bond donors (Lipinski definition) is 0. The maximum atomic E-state index is 10.9. The fourth-order valence-corrected chi connectivity index (χ4v) is 0.293. The van der Waals surface area contributed by atoms with Crippen molar-refractivity contribution < 1.29 is 7.77 Å². The fraction of sp³-hybridized carbons (Fsp3) is 1.00. The van der Waals surface area contributed by atoms with Gasteiger partial charge in [-0.05, 0) is 6.92 Å². The van der Waals surface area contributed by atoms with E-state index >= 15 is 0 Å². The Bertz CT molecular complexity index is 58.6. The molecule has 0 N–H and O–H groups in total. The molecule has 0 aliphatic rings. The van der Waals surface area contributed by atoms with Crippen molar-refractivity contribution in [3.63, 3.8) is 0 Å². The van der Waals surface area contributed by atoms with Gasteiger partial charge >= 0.3 is 0 Å². The van der Waals surface area contributed by atoms with Gasteiger partial charge in [-0.2, -0.15) is 0 Å². The van der Waals surface area contributed by atoms with E-state index in [2.05, 4.69) is 4.36 Å². The summed E-state index contributed by atoms with van der Waals surface area (Å²) in [6, 6.07) is 0. The summed E-state index contributed by atoms with van der Waals surface area (Å²) in [5.74, 6) is 0. The van der Waals surface area contributed by atoms with E-state index in [0.29, 0.717) is 0 Å². The van der Waals surface area contributed by atoms with E-state index in [0.717, 1.165) is 0 Å². The first-order valence-corrected chi connectivity index (χ1v) is 2.50. The molecular weight excluding hydrogens is 108 g/mol. The Kier molecular flexibility index (Phi) is 3.21. The summed E-state index contributed by atoms with van der Waals surface area (Å²) in [6.45, 7) is 1.80. The molecule has 0 heterocycles. The molecule has 0 fully saturated rings. The van der Waals surface area contributed by atoms with Crippen molar-refractivity contribution in [2.75, 3.05) is 6.54 Å². The minimum absolute atomic E-state index is 0.218. The maximum Gasteiger partial charge on any atom is 0.261 e. The van der Waals surface area contributed by atoms with Gasteiger partial charge < -0.3 is 0 Å². The van der Waals surface area contributed by atoms with Gasteiger partial charge in [-0.3, -0.25) is 0 Å². The normalized spacial score (nSPS) is 9.33. The first-order chi connectivity index (χ1) is 2.77. The summed E-state index contributed by atoms with van der Waals surface area (Å²) in [7, 11) is 0. The highest BCUT2D eigenvalue weighted by Crippen LogP contribution is 1.87. The molecule has 0 unspecified atom stereocenters. The van der Waals surface area contributed by atoms with Crippen molar-refractivity contribution in [2.45, 2.75) is 6.92 Å². The van der Waals surface area contributed by atoms with Crippen molar-refractivity contribution in [3.05, 3.63) is 0 Å². The van der Waals surface area contributed by atoms with Gasteiger partial charge in [-0.25, -0.2) is 4.36 Å². The smallest absolute Gasteiger partial charge is 0.207 e. The maximum absolute atomic E-state index is 10.9. The molecule has 38 valence electrons. The van der Waals surface area contributed by atoms with E-state index in [1.54, 1.807) is 6.92 Å². The van der Waals surface area contributed by atoms with E-state index < -0.39 is 11.5 Å². The van der Waals surface area contributed by atoms with Crippen LogP contribution in [-0.2, 0) is 11.5 Å². The van der Waals surface area contributed by atoms with Gasteiger partial charge in [0, 0.05) is 6.54 Å². The van der Waals surface area contributed by atoms with Gasteiger partial charge in [0.05, 0.1) is 0 Å². The van der Waals surface area contributed by atoms with Crippen LogP contribution in [0.2, 0.25) is 0 Å². The first kappa shape index (κ1) is 6.01. The Hall–Kier alpha value is 0.01000. The lowest BCUT2D eigenvalue weighted by molar-refractivity contribution is 0.779. The average Bonchev–Trinajstić information content (AvgIpc) is 1.35. The lowest BCUT2D eigenvalue weighted by Gasteiger charge is -1.73. The lowest BCUT2D eigenvalue weighted by atomic mass is 10.8. The van der Waals surface area contributed by atoms with Gasteiger partial charge in [-0.1, -0.05) is 0 Å². The number of hydrogen-bond acceptors (Lipinski definition) is 1. The largest absolute Gasteiger partial charge is 0.261 e. The molecular formula is C2H5F2NS. The van der Waals surface area contributed by atoms with E-state index in [9.17, 15) is 7.77 Å². The molecule has 0 amide bonds. The SMILES string of the molecule is CCN=S(F)F. The number of halogens is 2. The Morgan fingerprint density at radius 1 is 1.67 bits per heavy atom. The van der Waals surface area contributed by atoms with Crippen LogP contribution in [0.4, 0.5) is 7.77 Å². The summed E-state index contributed by atoms with van der Waals surface area (Å²) in [6.07, 6.45) is 0. The van der Waals surface area contributed by atoms with E-state index in [-0.39, 0.29) is 6.54 Å². The van der Waals surface area contributed by atoms with E-state index in [4.69, 9.17) is 0 Å². The fourth-order valence-electron chi connectivity index (χ4n) is 0.0976. The first-order valence-electron chi connectivity index (χ1n) is 1.51. The van der Waals surface area contributed by atoms with Crippen LogP contribution in [-0.4, -0.2) is 6.54 Å². The third-order valence-corrected chi connectivity index (χ3v) is 0.680. The van der Waals surface area contributed by atoms with Crippen LogP contribution in [0.3, 0.4) is 0 Å². The van der Waals surface area contributed by atoms with Crippen molar-refractivity contribution in [1.29, 1.82) is 0 Å². The second kappa shape index (κ2) is 3.21. The molecule has 0 saturated carbocycles. The standard InChI is InChI=1S/C2H5F2NS/c1-2-5-6(3)4/h2H2,1H3. The quantitative estimate of drug-likeness (QED) is 0.489. The number of rotatable bonds is 1. The van der Waals surface area contributed by atoms with Crippen molar-refractivity contribution in [2.24, 2.45) is 4.36 Å². The van der Waals surface area contributed by atoms with Crippen LogP contribution in [0, 0.1) is 0 Å². The summed E-state index contributed by atoms with van der Waals surface area (Å²) in [5, 5.41) is 0. The Labute approximate surface area is 38.1 Å². The average molecular weight is 113 g/mol. The molecule has 1 nitrogen and oxygen atoms in total. The molecule has 0 aliphatic heterocycles. The third kappa shape index (κ3) is 4.01. The molecule has 0 saturated heterocycles. The highest BCUT2D eigenvalue weighted by molar-refractivity contribution is 7.76.